The van der Waals surface area contributed by atoms with Crippen molar-refractivity contribution in [2.45, 2.75) is 26.8 Å². The van der Waals surface area contributed by atoms with Gasteiger partial charge in [0.1, 0.15) is 18.1 Å². The molecule has 5 nitrogen and oxygen atoms in total. The van der Waals surface area contributed by atoms with Crippen molar-refractivity contribution in [3.05, 3.63) is 23.7 Å². The lowest BCUT2D eigenvalue weighted by Crippen LogP contribution is -2.39. The van der Waals surface area contributed by atoms with Crippen LogP contribution in [0.3, 0.4) is 0 Å². The summed E-state index contributed by atoms with van der Waals surface area (Å²) in [5.74, 6) is -0.151. The molecule has 5 heteroatoms. The van der Waals surface area contributed by atoms with E-state index < -0.39 is 12.0 Å². The van der Waals surface area contributed by atoms with Gasteiger partial charge < -0.3 is 14.5 Å². The molecule has 0 bridgehead atoms. The normalized spacial score (nSPS) is 11.9. The molecule has 0 saturated heterocycles. The van der Waals surface area contributed by atoms with Crippen LogP contribution in [-0.2, 0) is 9.53 Å². The maximum absolute atomic E-state index is 11.6. The summed E-state index contributed by atoms with van der Waals surface area (Å²) >= 11 is 0. The van der Waals surface area contributed by atoms with Crippen LogP contribution < -0.4 is 5.32 Å². The number of esters is 1. The van der Waals surface area contributed by atoms with Crippen molar-refractivity contribution in [1.82, 2.24) is 5.32 Å². The fraction of sp³-hybridized carbons (Fsp3) is 0.455. The van der Waals surface area contributed by atoms with E-state index in [9.17, 15) is 9.59 Å². The Morgan fingerprint density at radius 2 is 2.25 bits per heavy atom. The van der Waals surface area contributed by atoms with Crippen LogP contribution in [0.4, 0.5) is 0 Å². The summed E-state index contributed by atoms with van der Waals surface area (Å²) in [4.78, 5) is 22.9. The van der Waals surface area contributed by atoms with Crippen LogP contribution in [0.2, 0.25) is 0 Å². The molecule has 1 aromatic heterocycles. The number of hydrogen-bond donors (Lipinski definition) is 1. The fourth-order valence-electron chi connectivity index (χ4n) is 1.17. The Labute approximate surface area is 93.8 Å². The Morgan fingerprint density at radius 3 is 2.75 bits per heavy atom. The van der Waals surface area contributed by atoms with Gasteiger partial charge in [-0.25, -0.2) is 4.79 Å². The molecule has 0 spiro atoms. The molecule has 1 aromatic rings. The largest absolute Gasteiger partial charge is 0.469 e. The first kappa shape index (κ1) is 12.3. The first-order valence-corrected chi connectivity index (χ1v) is 5.07. The molecule has 0 fully saturated rings. The van der Waals surface area contributed by atoms with Gasteiger partial charge in [-0.3, -0.25) is 4.79 Å². The Morgan fingerprint density at radius 1 is 1.56 bits per heavy atom. The van der Waals surface area contributed by atoms with Gasteiger partial charge in [0, 0.05) is 0 Å². The average molecular weight is 225 g/mol. The molecule has 1 atom stereocenters. The first-order chi connectivity index (χ1) is 7.54. The molecule has 0 aliphatic carbocycles. The van der Waals surface area contributed by atoms with E-state index in [0.29, 0.717) is 17.9 Å². The van der Waals surface area contributed by atoms with E-state index in [-0.39, 0.29) is 5.91 Å². The summed E-state index contributed by atoms with van der Waals surface area (Å²) in [5, 5.41) is 2.52. The Hall–Kier alpha value is -1.78. The monoisotopic (exact) mass is 225 g/mol. The molecule has 1 N–H and O–H groups in total. The summed E-state index contributed by atoms with van der Waals surface area (Å²) in [7, 11) is 0. The maximum atomic E-state index is 11.6. The van der Waals surface area contributed by atoms with Crippen molar-refractivity contribution >= 4 is 11.9 Å². The number of nitrogens with one attached hydrogen (secondary N) is 1. The number of ether oxygens (including phenoxy) is 1. The summed E-state index contributed by atoms with van der Waals surface area (Å²) in [6, 6.07) is 0.940. The Balaban J connectivity index is 2.54. The lowest BCUT2D eigenvalue weighted by Gasteiger charge is -2.11. The second-order valence-electron chi connectivity index (χ2n) is 3.39. The van der Waals surface area contributed by atoms with Crippen molar-refractivity contribution in [3.8, 4) is 0 Å². The van der Waals surface area contributed by atoms with Crippen LogP contribution in [0.15, 0.2) is 16.7 Å². The van der Waals surface area contributed by atoms with E-state index in [1.807, 2.05) is 0 Å². The number of furan rings is 1. The maximum Gasteiger partial charge on any atom is 0.328 e. The van der Waals surface area contributed by atoms with Crippen molar-refractivity contribution in [3.63, 3.8) is 0 Å². The number of rotatable bonds is 4. The predicted molar refractivity (Wildman–Crippen MR) is 57.0 cm³/mol. The molecule has 0 radical (unpaired) electrons. The molecule has 88 valence electrons. The van der Waals surface area contributed by atoms with E-state index in [0.717, 1.165) is 0 Å². The zero-order valence-electron chi connectivity index (χ0n) is 9.57. The summed E-state index contributed by atoms with van der Waals surface area (Å²) in [6.07, 6.45) is 1.35. The van der Waals surface area contributed by atoms with Crippen LogP contribution in [0, 0.1) is 6.92 Å². The quantitative estimate of drug-likeness (QED) is 0.783. The second-order valence-corrected chi connectivity index (χ2v) is 3.39. The lowest BCUT2D eigenvalue weighted by molar-refractivity contribution is -0.144. The standard InChI is InChI=1S/C11H15NO4/c1-4-15-11(14)8(3)12-10(13)9-5-7(2)16-6-9/h5-6,8H,4H2,1-3H3,(H,12,13). The van der Waals surface area contributed by atoms with Crippen molar-refractivity contribution in [1.29, 1.82) is 0 Å². The number of carbonyl (C=O) groups excluding carboxylic acids is 2. The van der Waals surface area contributed by atoms with Crippen LogP contribution in [0.25, 0.3) is 0 Å². The SMILES string of the molecule is CCOC(=O)C(C)NC(=O)c1coc(C)c1. The minimum atomic E-state index is -0.664. The van der Waals surface area contributed by atoms with Gasteiger partial charge >= 0.3 is 5.97 Å². The topological polar surface area (TPSA) is 68.5 Å². The molecule has 0 saturated carbocycles. The molecular weight excluding hydrogens is 210 g/mol. The number of hydrogen-bond acceptors (Lipinski definition) is 4. The predicted octanol–water partition coefficient (Wildman–Crippen LogP) is 1.27. The minimum absolute atomic E-state index is 0.295. The number of amides is 1. The van der Waals surface area contributed by atoms with Crippen LogP contribution in [-0.4, -0.2) is 24.5 Å². The molecule has 16 heavy (non-hydrogen) atoms. The molecule has 0 aliphatic heterocycles. The third-order valence-electron chi connectivity index (χ3n) is 1.98. The average Bonchev–Trinajstić information content (AvgIpc) is 2.65. The van der Waals surface area contributed by atoms with Crippen molar-refractivity contribution in [2.75, 3.05) is 6.61 Å². The molecule has 1 heterocycles. The highest BCUT2D eigenvalue weighted by Crippen LogP contribution is 2.06. The third kappa shape index (κ3) is 3.12. The molecule has 0 aliphatic rings. The van der Waals surface area contributed by atoms with Gasteiger partial charge in [-0.15, -0.1) is 0 Å². The zero-order chi connectivity index (χ0) is 12.1. The van der Waals surface area contributed by atoms with Crippen LogP contribution in [0.5, 0.6) is 0 Å². The van der Waals surface area contributed by atoms with E-state index >= 15 is 0 Å². The highest BCUT2D eigenvalue weighted by molar-refractivity contribution is 5.96. The molecular formula is C11H15NO4. The zero-order valence-corrected chi connectivity index (χ0v) is 9.57. The van der Waals surface area contributed by atoms with Crippen molar-refractivity contribution in [2.24, 2.45) is 0 Å². The lowest BCUT2D eigenvalue weighted by atomic mass is 10.2. The summed E-state index contributed by atoms with van der Waals surface area (Å²) < 4.78 is 9.77. The third-order valence-corrected chi connectivity index (χ3v) is 1.98. The van der Waals surface area contributed by atoms with E-state index in [4.69, 9.17) is 9.15 Å². The van der Waals surface area contributed by atoms with Gasteiger partial charge in [-0.05, 0) is 26.8 Å². The number of aryl methyl sites for hydroxylation is 1. The first-order valence-electron chi connectivity index (χ1n) is 5.07. The minimum Gasteiger partial charge on any atom is -0.469 e. The smallest absolute Gasteiger partial charge is 0.328 e. The Bertz CT molecular complexity index is 383. The van der Waals surface area contributed by atoms with Gasteiger partial charge in [0.15, 0.2) is 0 Å². The Kier molecular flexibility index (Phi) is 4.10. The highest BCUT2D eigenvalue weighted by Gasteiger charge is 2.18. The molecule has 1 unspecified atom stereocenters. The van der Waals surface area contributed by atoms with E-state index in [1.54, 1.807) is 26.8 Å². The second kappa shape index (κ2) is 5.34. The van der Waals surface area contributed by atoms with E-state index in [2.05, 4.69) is 5.32 Å². The molecule has 1 rings (SSSR count). The van der Waals surface area contributed by atoms with Crippen molar-refractivity contribution < 1.29 is 18.7 Å². The fourth-order valence-corrected chi connectivity index (χ4v) is 1.17. The number of carbonyl (C=O) groups is 2. The van der Waals surface area contributed by atoms with E-state index in [1.165, 1.54) is 6.26 Å². The molecule has 1 amide bonds. The van der Waals surface area contributed by atoms with Gasteiger partial charge in [-0.1, -0.05) is 0 Å². The van der Waals surface area contributed by atoms with Gasteiger partial charge in [-0.2, -0.15) is 0 Å². The van der Waals surface area contributed by atoms with Gasteiger partial charge in [0.25, 0.3) is 5.91 Å². The van der Waals surface area contributed by atoms with Crippen LogP contribution in [0.1, 0.15) is 30.0 Å². The van der Waals surface area contributed by atoms with Crippen LogP contribution >= 0.6 is 0 Å². The van der Waals surface area contributed by atoms with Gasteiger partial charge in [0.2, 0.25) is 0 Å². The summed E-state index contributed by atoms with van der Waals surface area (Å²) in [6.45, 7) is 5.32. The summed E-state index contributed by atoms with van der Waals surface area (Å²) in [5.41, 5.74) is 0.397. The molecule has 0 aromatic carbocycles. The highest BCUT2D eigenvalue weighted by atomic mass is 16.5. The van der Waals surface area contributed by atoms with Gasteiger partial charge in [0.05, 0.1) is 12.2 Å².